The van der Waals surface area contributed by atoms with Crippen molar-refractivity contribution in [2.24, 2.45) is 0 Å². The SMILES string of the molecule is Cc1cc(C(=O)NCC(C)N2CCCC2)sc1Br. The molecule has 0 aromatic carbocycles. The number of hydrogen-bond acceptors (Lipinski definition) is 3. The summed E-state index contributed by atoms with van der Waals surface area (Å²) in [5, 5.41) is 3.03. The van der Waals surface area contributed by atoms with E-state index in [1.165, 1.54) is 37.3 Å². The number of aryl methyl sites for hydroxylation is 1. The van der Waals surface area contributed by atoms with Crippen LogP contribution in [0.1, 0.15) is 35.0 Å². The van der Waals surface area contributed by atoms with Gasteiger partial charge in [0, 0.05) is 12.6 Å². The Morgan fingerprint density at radius 2 is 2.22 bits per heavy atom. The number of rotatable bonds is 4. The topological polar surface area (TPSA) is 32.3 Å². The number of nitrogens with one attached hydrogen (secondary N) is 1. The first-order valence-corrected chi connectivity index (χ1v) is 7.97. The van der Waals surface area contributed by atoms with Gasteiger partial charge in [-0.1, -0.05) is 0 Å². The maximum atomic E-state index is 12.0. The molecule has 0 aliphatic carbocycles. The van der Waals surface area contributed by atoms with Gasteiger partial charge >= 0.3 is 0 Å². The van der Waals surface area contributed by atoms with Crippen LogP contribution >= 0.6 is 27.3 Å². The van der Waals surface area contributed by atoms with E-state index >= 15 is 0 Å². The molecule has 100 valence electrons. The predicted octanol–water partition coefficient (Wildman–Crippen LogP) is 3.03. The van der Waals surface area contributed by atoms with E-state index in [2.05, 4.69) is 33.1 Å². The van der Waals surface area contributed by atoms with E-state index in [4.69, 9.17) is 0 Å². The first-order chi connectivity index (χ1) is 8.58. The van der Waals surface area contributed by atoms with E-state index in [0.717, 1.165) is 20.8 Å². The second-order valence-electron chi connectivity index (χ2n) is 4.87. The van der Waals surface area contributed by atoms with Crippen LogP contribution in [0.3, 0.4) is 0 Å². The van der Waals surface area contributed by atoms with Crippen molar-refractivity contribution < 1.29 is 4.79 Å². The molecule has 0 bridgehead atoms. The van der Waals surface area contributed by atoms with E-state index in [1.807, 2.05) is 13.0 Å². The fourth-order valence-corrected chi connectivity index (χ4v) is 3.66. The first kappa shape index (κ1) is 14.0. The summed E-state index contributed by atoms with van der Waals surface area (Å²) in [7, 11) is 0. The molecule has 1 N–H and O–H groups in total. The molecule has 18 heavy (non-hydrogen) atoms. The predicted molar refractivity (Wildman–Crippen MR) is 79.4 cm³/mol. The van der Waals surface area contributed by atoms with Crippen molar-refractivity contribution in [3.05, 3.63) is 20.3 Å². The molecule has 1 fully saturated rings. The summed E-state index contributed by atoms with van der Waals surface area (Å²) in [5.74, 6) is 0.0415. The summed E-state index contributed by atoms with van der Waals surface area (Å²) in [4.78, 5) is 15.2. The molecule has 1 aliphatic rings. The average Bonchev–Trinajstić information content (AvgIpc) is 2.97. The van der Waals surface area contributed by atoms with Crippen LogP contribution in [-0.4, -0.2) is 36.5 Å². The third-order valence-corrected chi connectivity index (χ3v) is 5.54. The van der Waals surface area contributed by atoms with Gasteiger partial charge in [-0.25, -0.2) is 0 Å². The molecular formula is C13H19BrN2OS. The lowest BCUT2D eigenvalue weighted by atomic mass is 10.3. The smallest absolute Gasteiger partial charge is 0.261 e. The van der Waals surface area contributed by atoms with Crippen LogP contribution < -0.4 is 5.32 Å². The second-order valence-corrected chi connectivity index (χ2v) is 7.24. The van der Waals surface area contributed by atoms with Gasteiger partial charge in [0.05, 0.1) is 8.66 Å². The third-order valence-electron chi connectivity index (χ3n) is 3.40. The standard InChI is InChI=1S/C13H19BrN2OS/c1-9-7-11(18-12(9)14)13(17)15-8-10(2)16-5-3-4-6-16/h7,10H,3-6,8H2,1-2H3,(H,15,17). The Bertz CT molecular complexity index is 407. The van der Waals surface area contributed by atoms with E-state index in [0.29, 0.717) is 6.04 Å². The summed E-state index contributed by atoms with van der Waals surface area (Å²) in [6.45, 7) is 7.25. The van der Waals surface area contributed by atoms with Gasteiger partial charge in [0.15, 0.2) is 0 Å². The zero-order chi connectivity index (χ0) is 13.1. The van der Waals surface area contributed by atoms with Crippen molar-refractivity contribution in [3.63, 3.8) is 0 Å². The number of hydrogen-bond donors (Lipinski definition) is 1. The largest absolute Gasteiger partial charge is 0.350 e. The minimum Gasteiger partial charge on any atom is -0.350 e. The van der Waals surface area contributed by atoms with Crippen LogP contribution in [0.5, 0.6) is 0 Å². The molecule has 3 nitrogen and oxygen atoms in total. The molecule has 2 rings (SSSR count). The molecule has 1 aliphatic heterocycles. The molecule has 1 aromatic rings. The van der Waals surface area contributed by atoms with Crippen molar-refractivity contribution in [1.29, 1.82) is 0 Å². The quantitative estimate of drug-likeness (QED) is 0.920. The van der Waals surface area contributed by atoms with Crippen molar-refractivity contribution in [2.75, 3.05) is 19.6 Å². The van der Waals surface area contributed by atoms with E-state index in [1.54, 1.807) is 0 Å². The lowest BCUT2D eigenvalue weighted by Crippen LogP contribution is -2.40. The van der Waals surface area contributed by atoms with Gasteiger partial charge in [-0.3, -0.25) is 9.69 Å². The molecule has 0 saturated carbocycles. The summed E-state index contributed by atoms with van der Waals surface area (Å²) < 4.78 is 1.04. The molecule has 0 spiro atoms. The van der Waals surface area contributed by atoms with E-state index < -0.39 is 0 Å². The van der Waals surface area contributed by atoms with Crippen LogP contribution in [0, 0.1) is 6.92 Å². The van der Waals surface area contributed by atoms with Crippen molar-refractivity contribution in [1.82, 2.24) is 10.2 Å². The lowest BCUT2D eigenvalue weighted by Gasteiger charge is -2.23. The van der Waals surface area contributed by atoms with Gasteiger partial charge in [-0.15, -0.1) is 11.3 Å². The van der Waals surface area contributed by atoms with Gasteiger partial charge in [0.2, 0.25) is 0 Å². The Balaban J connectivity index is 1.84. The molecule has 0 radical (unpaired) electrons. The van der Waals surface area contributed by atoms with Crippen LogP contribution in [0.15, 0.2) is 9.85 Å². The molecule has 2 heterocycles. The van der Waals surface area contributed by atoms with Crippen LogP contribution in [-0.2, 0) is 0 Å². The zero-order valence-corrected chi connectivity index (χ0v) is 13.2. The highest BCUT2D eigenvalue weighted by atomic mass is 79.9. The van der Waals surface area contributed by atoms with Gasteiger partial charge in [-0.05, 0) is 67.3 Å². The minimum absolute atomic E-state index is 0.0415. The Labute approximate surface area is 121 Å². The minimum atomic E-state index is 0.0415. The Kier molecular flexibility index (Phi) is 4.81. The molecule has 1 atom stereocenters. The number of carbonyl (C=O) groups excluding carboxylic acids is 1. The number of amides is 1. The highest BCUT2D eigenvalue weighted by molar-refractivity contribution is 9.11. The average molecular weight is 331 g/mol. The summed E-state index contributed by atoms with van der Waals surface area (Å²) >= 11 is 4.95. The molecule has 1 unspecified atom stereocenters. The zero-order valence-electron chi connectivity index (χ0n) is 10.8. The maximum absolute atomic E-state index is 12.0. The maximum Gasteiger partial charge on any atom is 0.261 e. The molecular weight excluding hydrogens is 312 g/mol. The van der Waals surface area contributed by atoms with E-state index in [9.17, 15) is 4.79 Å². The summed E-state index contributed by atoms with van der Waals surface area (Å²) in [6, 6.07) is 2.37. The van der Waals surface area contributed by atoms with Gasteiger partial charge in [0.25, 0.3) is 5.91 Å². The summed E-state index contributed by atoms with van der Waals surface area (Å²) in [6.07, 6.45) is 2.57. The number of carbonyl (C=O) groups is 1. The molecule has 1 aromatic heterocycles. The first-order valence-electron chi connectivity index (χ1n) is 6.36. The van der Waals surface area contributed by atoms with Crippen molar-refractivity contribution in [2.45, 2.75) is 32.7 Å². The van der Waals surface area contributed by atoms with Gasteiger partial charge in [0.1, 0.15) is 0 Å². The number of likely N-dealkylation sites (tertiary alicyclic amines) is 1. The fourth-order valence-electron chi connectivity index (χ4n) is 2.21. The van der Waals surface area contributed by atoms with Crippen molar-refractivity contribution in [3.8, 4) is 0 Å². The Hall–Kier alpha value is -0.390. The van der Waals surface area contributed by atoms with Crippen molar-refractivity contribution >= 4 is 33.2 Å². The van der Waals surface area contributed by atoms with Gasteiger partial charge in [-0.2, -0.15) is 0 Å². The second kappa shape index (κ2) is 6.17. The Morgan fingerprint density at radius 1 is 1.56 bits per heavy atom. The monoisotopic (exact) mass is 330 g/mol. The normalized spacial score (nSPS) is 17.9. The van der Waals surface area contributed by atoms with Gasteiger partial charge < -0.3 is 5.32 Å². The third kappa shape index (κ3) is 3.33. The molecule has 5 heteroatoms. The highest BCUT2D eigenvalue weighted by Gasteiger charge is 2.19. The number of halogens is 1. The summed E-state index contributed by atoms with van der Waals surface area (Å²) in [5.41, 5.74) is 1.12. The van der Waals surface area contributed by atoms with E-state index in [-0.39, 0.29) is 5.91 Å². The lowest BCUT2D eigenvalue weighted by molar-refractivity contribution is 0.0944. The number of thiophene rings is 1. The van der Waals surface area contributed by atoms with Crippen LogP contribution in [0.25, 0.3) is 0 Å². The van der Waals surface area contributed by atoms with Crippen LogP contribution in [0.2, 0.25) is 0 Å². The Morgan fingerprint density at radius 3 is 2.78 bits per heavy atom. The molecule has 1 amide bonds. The highest BCUT2D eigenvalue weighted by Crippen LogP contribution is 2.27. The fraction of sp³-hybridized carbons (Fsp3) is 0.615. The molecule has 1 saturated heterocycles. The van der Waals surface area contributed by atoms with Crippen LogP contribution in [0.4, 0.5) is 0 Å². The number of nitrogens with zero attached hydrogens (tertiary/aromatic N) is 1.